The molecule has 0 spiro atoms. The summed E-state index contributed by atoms with van der Waals surface area (Å²) in [6, 6.07) is 14.1. The minimum absolute atomic E-state index is 0.126. The second kappa shape index (κ2) is 11.8. The van der Waals surface area contributed by atoms with Crippen molar-refractivity contribution >= 4 is 24.1 Å². The number of hydrogen-bond acceptors (Lipinski definition) is 9. The number of nitrogens with one attached hydrogen (secondary N) is 1. The first-order valence-corrected chi connectivity index (χ1v) is 12.3. The zero-order valence-electron chi connectivity index (χ0n) is 20.1. The third kappa shape index (κ3) is 6.06. The molecule has 0 saturated carbocycles. The lowest BCUT2D eigenvalue weighted by Gasteiger charge is -2.30. The zero-order valence-corrected chi connectivity index (χ0v) is 20.1. The highest BCUT2D eigenvalue weighted by Gasteiger charge is 2.20. The van der Waals surface area contributed by atoms with Gasteiger partial charge in [0.05, 0.1) is 19.4 Å². The summed E-state index contributed by atoms with van der Waals surface area (Å²) in [5.41, 5.74) is 4.21. The molecule has 0 aliphatic carbocycles. The maximum atomic E-state index is 14.0. The number of nitrogens with zero attached hydrogens (tertiary/aromatic N) is 6. The summed E-state index contributed by atoms with van der Waals surface area (Å²) >= 11 is 0. The number of anilines is 3. The SMILES string of the molecule is Fc1ccccc1COc1ccccc1/C=N/Nc1nc(N2CCCCC2)nc(N2CCOCC2)n1. The number of morpholine rings is 1. The molecule has 2 aliphatic rings. The Labute approximate surface area is 210 Å². The highest BCUT2D eigenvalue weighted by Crippen LogP contribution is 2.22. The molecule has 36 heavy (non-hydrogen) atoms. The van der Waals surface area contributed by atoms with Gasteiger partial charge in [-0.15, -0.1) is 0 Å². The Morgan fingerprint density at radius 1 is 0.889 bits per heavy atom. The molecule has 2 saturated heterocycles. The van der Waals surface area contributed by atoms with Crippen molar-refractivity contribution < 1.29 is 13.9 Å². The van der Waals surface area contributed by atoms with E-state index in [0.29, 0.717) is 42.4 Å². The molecule has 3 aromatic rings. The molecule has 188 valence electrons. The van der Waals surface area contributed by atoms with Gasteiger partial charge in [-0.05, 0) is 37.5 Å². The van der Waals surface area contributed by atoms with Crippen LogP contribution in [0.5, 0.6) is 5.75 Å². The smallest absolute Gasteiger partial charge is 0.250 e. The molecule has 0 bridgehead atoms. The third-order valence-electron chi connectivity index (χ3n) is 6.17. The standard InChI is InChI=1S/C26H30FN7O2/c27-22-10-4-2-9-21(22)19-36-23-11-5-3-8-20(23)18-28-32-24-29-25(33-12-6-1-7-13-33)31-26(30-24)34-14-16-35-17-15-34/h2-5,8-11,18H,1,6-7,12-17,19H2,(H,29,30,31,32)/b28-18+. The monoisotopic (exact) mass is 491 g/mol. The maximum absolute atomic E-state index is 14.0. The highest BCUT2D eigenvalue weighted by molar-refractivity contribution is 5.83. The van der Waals surface area contributed by atoms with Gasteiger partial charge in [0.25, 0.3) is 0 Å². The fourth-order valence-corrected chi connectivity index (χ4v) is 4.19. The van der Waals surface area contributed by atoms with E-state index in [-0.39, 0.29) is 12.4 Å². The van der Waals surface area contributed by atoms with Crippen LogP contribution in [-0.2, 0) is 11.3 Å². The molecule has 10 heteroatoms. The van der Waals surface area contributed by atoms with Gasteiger partial charge >= 0.3 is 0 Å². The molecule has 1 aromatic heterocycles. The second-order valence-corrected chi connectivity index (χ2v) is 8.69. The molecule has 2 aromatic carbocycles. The van der Waals surface area contributed by atoms with Crippen LogP contribution in [0.2, 0.25) is 0 Å². The molecule has 0 radical (unpaired) electrons. The van der Waals surface area contributed by atoms with Gasteiger partial charge < -0.3 is 19.3 Å². The van der Waals surface area contributed by atoms with Crippen LogP contribution in [0.25, 0.3) is 0 Å². The Bertz CT molecular complexity index is 1140. The topological polar surface area (TPSA) is 88.0 Å². The number of ether oxygens (including phenoxy) is 2. The highest BCUT2D eigenvalue weighted by atomic mass is 19.1. The van der Waals surface area contributed by atoms with Crippen molar-refractivity contribution in [2.45, 2.75) is 25.9 Å². The summed E-state index contributed by atoms with van der Waals surface area (Å²) in [6.45, 7) is 4.76. The summed E-state index contributed by atoms with van der Waals surface area (Å²) < 4.78 is 25.3. The van der Waals surface area contributed by atoms with Gasteiger partial charge in [-0.1, -0.05) is 30.3 Å². The maximum Gasteiger partial charge on any atom is 0.250 e. The normalized spacial score (nSPS) is 16.4. The van der Waals surface area contributed by atoms with E-state index in [1.165, 1.54) is 12.5 Å². The molecule has 1 N–H and O–H groups in total. The van der Waals surface area contributed by atoms with E-state index in [2.05, 4.69) is 30.3 Å². The first-order chi connectivity index (χ1) is 17.8. The molecular weight excluding hydrogens is 461 g/mol. The van der Waals surface area contributed by atoms with Crippen LogP contribution in [0.15, 0.2) is 53.6 Å². The fourth-order valence-electron chi connectivity index (χ4n) is 4.19. The average molecular weight is 492 g/mol. The molecule has 0 amide bonds. The number of halogens is 1. The van der Waals surface area contributed by atoms with Gasteiger partial charge in [-0.25, -0.2) is 9.82 Å². The van der Waals surface area contributed by atoms with E-state index in [1.54, 1.807) is 24.4 Å². The van der Waals surface area contributed by atoms with Crippen LogP contribution < -0.4 is 20.0 Å². The quantitative estimate of drug-likeness (QED) is 0.375. The molecular formula is C26H30FN7O2. The fraction of sp³-hybridized carbons (Fsp3) is 0.385. The van der Waals surface area contributed by atoms with Crippen LogP contribution >= 0.6 is 0 Å². The summed E-state index contributed by atoms with van der Waals surface area (Å²) in [5.74, 6) is 1.98. The number of hydrazone groups is 1. The third-order valence-corrected chi connectivity index (χ3v) is 6.17. The lowest BCUT2D eigenvalue weighted by Crippen LogP contribution is -2.38. The molecule has 2 fully saturated rings. The van der Waals surface area contributed by atoms with Gasteiger partial charge in [-0.2, -0.15) is 20.1 Å². The summed E-state index contributed by atoms with van der Waals surface area (Å²) in [4.78, 5) is 18.3. The van der Waals surface area contributed by atoms with Crippen molar-refractivity contribution in [1.82, 2.24) is 15.0 Å². The summed E-state index contributed by atoms with van der Waals surface area (Å²) in [6.07, 6.45) is 5.13. The van der Waals surface area contributed by atoms with Crippen molar-refractivity contribution in [1.29, 1.82) is 0 Å². The van der Waals surface area contributed by atoms with Crippen molar-refractivity contribution in [2.24, 2.45) is 5.10 Å². The van der Waals surface area contributed by atoms with E-state index in [1.807, 2.05) is 24.3 Å². The van der Waals surface area contributed by atoms with Gasteiger partial charge in [0.15, 0.2) is 0 Å². The number of rotatable bonds is 8. The van der Waals surface area contributed by atoms with Gasteiger partial charge in [0.1, 0.15) is 18.2 Å². The number of aromatic nitrogens is 3. The minimum atomic E-state index is -0.291. The molecule has 0 atom stereocenters. The van der Waals surface area contributed by atoms with Crippen molar-refractivity contribution in [3.63, 3.8) is 0 Å². The van der Waals surface area contributed by atoms with Gasteiger partial charge in [0, 0.05) is 37.3 Å². The Hall–Kier alpha value is -3.79. The van der Waals surface area contributed by atoms with Crippen molar-refractivity contribution in [3.8, 4) is 5.75 Å². The summed E-state index contributed by atoms with van der Waals surface area (Å²) in [7, 11) is 0. The first kappa shape index (κ1) is 23.9. The van der Waals surface area contributed by atoms with Crippen LogP contribution in [-0.4, -0.2) is 60.6 Å². The number of piperidine rings is 1. The Morgan fingerprint density at radius 2 is 1.58 bits per heavy atom. The van der Waals surface area contributed by atoms with E-state index in [4.69, 9.17) is 14.5 Å². The van der Waals surface area contributed by atoms with Crippen LogP contribution in [0.1, 0.15) is 30.4 Å². The Balaban J connectivity index is 1.32. The number of para-hydroxylation sites is 1. The molecule has 3 heterocycles. The molecule has 5 rings (SSSR count). The molecule has 0 unspecified atom stereocenters. The largest absolute Gasteiger partial charge is 0.488 e. The van der Waals surface area contributed by atoms with Gasteiger partial charge in [-0.3, -0.25) is 0 Å². The predicted octanol–water partition coefficient (Wildman–Crippen LogP) is 3.86. The number of benzene rings is 2. The van der Waals surface area contributed by atoms with E-state index >= 15 is 0 Å². The predicted molar refractivity (Wildman–Crippen MR) is 137 cm³/mol. The van der Waals surface area contributed by atoms with E-state index in [0.717, 1.165) is 44.6 Å². The summed E-state index contributed by atoms with van der Waals surface area (Å²) in [5, 5.41) is 4.37. The first-order valence-electron chi connectivity index (χ1n) is 12.3. The number of hydrogen-bond donors (Lipinski definition) is 1. The molecule has 9 nitrogen and oxygen atoms in total. The van der Waals surface area contributed by atoms with Crippen LogP contribution in [0.3, 0.4) is 0 Å². The van der Waals surface area contributed by atoms with Gasteiger partial charge in [0.2, 0.25) is 17.8 Å². The average Bonchev–Trinajstić information content (AvgIpc) is 2.94. The van der Waals surface area contributed by atoms with Crippen molar-refractivity contribution in [2.75, 3.05) is 54.6 Å². The van der Waals surface area contributed by atoms with E-state index < -0.39 is 0 Å². The lowest BCUT2D eigenvalue weighted by molar-refractivity contribution is 0.122. The Morgan fingerprint density at radius 3 is 2.36 bits per heavy atom. The second-order valence-electron chi connectivity index (χ2n) is 8.69. The minimum Gasteiger partial charge on any atom is -0.488 e. The van der Waals surface area contributed by atoms with Crippen molar-refractivity contribution in [3.05, 3.63) is 65.5 Å². The lowest BCUT2D eigenvalue weighted by atomic mass is 10.1. The van der Waals surface area contributed by atoms with Crippen LogP contribution in [0.4, 0.5) is 22.2 Å². The molecule has 2 aliphatic heterocycles. The zero-order chi connectivity index (χ0) is 24.6. The van der Waals surface area contributed by atoms with E-state index in [9.17, 15) is 4.39 Å². The van der Waals surface area contributed by atoms with Crippen LogP contribution in [0, 0.1) is 5.82 Å². The Kier molecular flexibility index (Phi) is 7.82.